The lowest BCUT2D eigenvalue weighted by Crippen LogP contribution is -2.23. The summed E-state index contributed by atoms with van der Waals surface area (Å²) in [5.74, 6) is -0.446. The molecule has 1 aromatic rings. The minimum Gasteiger partial charge on any atom is -0.391 e. The topological polar surface area (TPSA) is 46.2 Å². The van der Waals surface area contributed by atoms with Gasteiger partial charge in [0.25, 0.3) is 0 Å². The van der Waals surface area contributed by atoms with Crippen molar-refractivity contribution in [3.63, 3.8) is 0 Å². The van der Waals surface area contributed by atoms with Crippen LogP contribution < -0.4 is 5.73 Å². The number of halogens is 2. The molecule has 0 unspecified atom stereocenters. The van der Waals surface area contributed by atoms with Gasteiger partial charge < -0.3 is 10.8 Å². The molecule has 3 N–H and O–H groups in total. The maximum absolute atomic E-state index is 12.8. The highest BCUT2D eigenvalue weighted by atomic mass is 35.5. The van der Waals surface area contributed by atoms with Gasteiger partial charge in [-0.2, -0.15) is 0 Å². The smallest absolute Gasteiger partial charge is 0.125 e. The van der Waals surface area contributed by atoms with E-state index >= 15 is 0 Å². The fraction of sp³-hybridized carbons (Fsp3) is 0.333. The molecular formula is C9H11ClFNO. The minimum atomic E-state index is -0.724. The van der Waals surface area contributed by atoms with Gasteiger partial charge in [0, 0.05) is 5.02 Å². The number of aliphatic hydroxyl groups is 1. The molecule has 1 aromatic carbocycles. The Kier molecular flexibility index (Phi) is 3.25. The molecule has 0 aliphatic heterocycles. The quantitative estimate of drug-likeness (QED) is 0.771. The summed E-state index contributed by atoms with van der Waals surface area (Å²) >= 11 is 5.62. The fourth-order valence-electron chi connectivity index (χ4n) is 1.05. The zero-order valence-electron chi connectivity index (χ0n) is 7.17. The third-order valence-electron chi connectivity index (χ3n) is 1.79. The van der Waals surface area contributed by atoms with Gasteiger partial charge in [-0.3, -0.25) is 0 Å². The first-order valence-corrected chi connectivity index (χ1v) is 4.28. The monoisotopic (exact) mass is 203 g/mol. The Bertz CT molecular complexity index is 283. The molecule has 0 heterocycles. The van der Waals surface area contributed by atoms with Crippen molar-refractivity contribution in [2.45, 2.75) is 19.1 Å². The summed E-state index contributed by atoms with van der Waals surface area (Å²) in [6.07, 6.45) is -0.724. The van der Waals surface area contributed by atoms with Crippen molar-refractivity contribution in [2.75, 3.05) is 0 Å². The van der Waals surface area contributed by atoms with Gasteiger partial charge in [0.15, 0.2) is 0 Å². The number of hydrogen-bond acceptors (Lipinski definition) is 2. The Morgan fingerprint density at radius 3 is 2.54 bits per heavy atom. The molecule has 2 nitrogen and oxygen atoms in total. The zero-order valence-corrected chi connectivity index (χ0v) is 7.92. The van der Waals surface area contributed by atoms with Gasteiger partial charge in [-0.15, -0.1) is 0 Å². The first-order chi connectivity index (χ1) is 6.00. The van der Waals surface area contributed by atoms with Crippen molar-refractivity contribution >= 4 is 11.6 Å². The normalized spacial score (nSPS) is 15.5. The Balaban J connectivity index is 3.01. The fourth-order valence-corrected chi connectivity index (χ4v) is 1.28. The van der Waals surface area contributed by atoms with E-state index in [-0.39, 0.29) is 5.02 Å². The van der Waals surface area contributed by atoms with Gasteiger partial charge >= 0.3 is 0 Å². The molecule has 0 saturated carbocycles. The van der Waals surface area contributed by atoms with E-state index in [9.17, 15) is 4.39 Å². The molecule has 0 aliphatic carbocycles. The van der Waals surface area contributed by atoms with Crippen LogP contribution in [0.3, 0.4) is 0 Å². The maximum atomic E-state index is 12.8. The van der Waals surface area contributed by atoms with Crippen molar-refractivity contribution in [3.05, 3.63) is 34.6 Å². The highest BCUT2D eigenvalue weighted by Crippen LogP contribution is 2.20. The van der Waals surface area contributed by atoms with Crippen molar-refractivity contribution in [3.8, 4) is 0 Å². The molecule has 0 spiro atoms. The number of nitrogens with two attached hydrogens (primary N) is 1. The van der Waals surface area contributed by atoms with Gasteiger partial charge in [0.05, 0.1) is 12.1 Å². The molecular weight excluding hydrogens is 193 g/mol. The van der Waals surface area contributed by atoms with Crippen LogP contribution in [-0.4, -0.2) is 11.2 Å². The van der Waals surface area contributed by atoms with Crippen LogP contribution in [0, 0.1) is 5.82 Å². The largest absolute Gasteiger partial charge is 0.391 e. The highest BCUT2D eigenvalue weighted by molar-refractivity contribution is 6.30. The third-order valence-corrected chi connectivity index (χ3v) is 2.01. The molecule has 0 aromatic heterocycles. The lowest BCUT2D eigenvalue weighted by molar-refractivity contribution is 0.164. The molecule has 0 radical (unpaired) electrons. The second kappa shape index (κ2) is 4.05. The predicted octanol–water partition coefficient (Wildman–Crippen LogP) is 1.86. The number of hydrogen-bond donors (Lipinski definition) is 2. The summed E-state index contributed by atoms with van der Waals surface area (Å²) in [5, 5.41) is 9.45. The molecule has 72 valence electrons. The Hall–Kier alpha value is -0.640. The van der Waals surface area contributed by atoms with Gasteiger partial charge in [-0.25, -0.2) is 4.39 Å². The van der Waals surface area contributed by atoms with Crippen LogP contribution in [0.2, 0.25) is 5.02 Å². The van der Waals surface area contributed by atoms with Crippen LogP contribution in [0.4, 0.5) is 4.39 Å². The lowest BCUT2D eigenvalue weighted by Gasteiger charge is -2.15. The number of rotatable bonds is 2. The van der Waals surface area contributed by atoms with Crippen LogP contribution in [0.15, 0.2) is 18.2 Å². The predicted molar refractivity (Wildman–Crippen MR) is 50.0 cm³/mol. The molecule has 13 heavy (non-hydrogen) atoms. The first kappa shape index (κ1) is 10.4. The molecule has 0 fully saturated rings. The second-order valence-electron chi connectivity index (χ2n) is 2.97. The van der Waals surface area contributed by atoms with Gasteiger partial charge in [0.2, 0.25) is 0 Å². The molecule has 0 bridgehead atoms. The van der Waals surface area contributed by atoms with E-state index in [0.717, 1.165) is 0 Å². The maximum Gasteiger partial charge on any atom is 0.125 e. The van der Waals surface area contributed by atoms with E-state index in [4.69, 9.17) is 22.4 Å². The second-order valence-corrected chi connectivity index (χ2v) is 3.41. The van der Waals surface area contributed by atoms with Crippen LogP contribution >= 0.6 is 11.6 Å². The van der Waals surface area contributed by atoms with E-state index < -0.39 is 18.0 Å². The summed E-state index contributed by atoms with van der Waals surface area (Å²) in [4.78, 5) is 0. The average molecular weight is 204 g/mol. The summed E-state index contributed by atoms with van der Waals surface area (Å²) in [6, 6.07) is 3.40. The van der Waals surface area contributed by atoms with Crippen LogP contribution in [0.1, 0.15) is 18.5 Å². The molecule has 2 atom stereocenters. The van der Waals surface area contributed by atoms with Crippen molar-refractivity contribution in [2.24, 2.45) is 5.73 Å². The molecule has 1 rings (SSSR count). The minimum absolute atomic E-state index is 0.283. The number of aliphatic hydroxyl groups excluding tert-OH is 1. The number of benzene rings is 1. The van der Waals surface area contributed by atoms with E-state index in [1.54, 1.807) is 13.0 Å². The standard InChI is InChI=1S/C9H11ClFNO/c1-5(13)9(12)6-2-7(10)4-8(11)3-6/h2-5,9,13H,12H2,1H3/t5-,9+/m0/s1. The SMILES string of the molecule is C[C@H](O)[C@@H](N)c1cc(F)cc(Cl)c1. The lowest BCUT2D eigenvalue weighted by atomic mass is 10.0. The van der Waals surface area contributed by atoms with E-state index in [0.29, 0.717) is 5.56 Å². The molecule has 0 amide bonds. The Morgan fingerprint density at radius 2 is 2.08 bits per heavy atom. The molecule has 0 saturated heterocycles. The van der Waals surface area contributed by atoms with E-state index in [1.807, 2.05) is 0 Å². The van der Waals surface area contributed by atoms with Crippen LogP contribution in [0.5, 0.6) is 0 Å². The van der Waals surface area contributed by atoms with Crippen LogP contribution in [-0.2, 0) is 0 Å². The van der Waals surface area contributed by atoms with Crippen molar-refractivity contribution < 1.29 is 9.50 Å². The third kappa shape index (κ3) is 2.66. The van der Waals surface area contributed by atoms with Gasteiger partial charge in [0.1, 0.15) is 5.82 Å². The zero-order chi connectivity index (χ0) is 10.0. The molecule has 0 aliphatic rings. The Labute approximate surface area is 81.1 Å². The summed E-state index contributed by atoms with van der Waals surface area (Å²) in [5.41, 5.74) is 6.10. The van der Waals surface area contributed by atoms with E-state index in [2.05, 4.69) is 0 Å². The van der Waals surface area contributed by atoms with Crippen LogP contribution in [0.25, 0.3) is 0 Å². The molecule has 4 heteroatoms. The average Bonchev–Trinajstić information content (AvgIpc) is 2.01. The van der Waals surface area contributed by atoms with Crippen molar-refractivity contribution in [1.29, 1.82) is 0 Å². The van der Waals surface area contributed by atoms with Gasteiger partial charge in [-0.1, -0.05) is 11.6 Å². The van der Waals surface area contributed by atoms with Gasteiger partial charge in [-0.05, 0) is 30.7 Å². The van der Waals surface area contributed by atoms with E-state index in [1.165, 1.54) is 12.1 Å². The highest BCUT2D eigenvalue weighted by Gasteiger charge is 2.13. The summed E-state index contributed by atoms with van der Waals surface area (Å²) < 4.78 is 12.8. The Morgan fingerprint density at radius 1 is 1.46 bits per heavy atom. The van der Waals surface area contributed by atoms with Crippen molar-refractivity contribution in [1.82, 2.24) is 0 Å². The summed E-state index contributed by atoms with van der Waals surface area (Å²) in [6.45, 7) is 1.55. The summed E-state index contributed by atoms with van der Waals surface area (Å²) in [7, 11) is 0. The first-order valence-electron chi connectivity index (χ1n) is 3.90.